The van der Waals surface area contributed by atoms with E-state index < -0.39 is 0 Å². The molecule has 1 atom stereocenters. The molecule has 0 aliphatic rings. The number of nitrogens with one attached hydrogen (secondary N) is 2. The Labute approximate surface area is 138 Å². The van der Waals surface area contributed by atoms with Gasteiger partial charge in [0.15, 0.2) is 6.54 Å². The Morgan fingerprint density at radius 1 is 1.13 bits per heavy atom. The maximum absolute atomic E-state index is 12.2. The van der Waals surface area contributed by atoms with Gasteiger partial charge < -0.3 is 15.0 Å². The highest BCUT2D eigenvalue weighted by atomic mass is 16.5. The molecule has 0 radical (unpaired) electrons. The van der Waals surface area contributed by atoms with Gasteiger partial charge in [0.25, 0.3) is 5.91 Å². The predicted molar refractivity (Wildman–Crippen MR) is 93.0 cm³/mol. The van der Waals surface area contributed by atoms with E-state index in [1.54, 1.807) is 7.11 Å². The van der Waals surface area contributed by atoms with Crippen molar-refractivity contribution in [2.45, 2.75) is 20.4 Å². The third kappa shape index (κ3) is 5.11. The Morgan fingerprint density at radius 2 is 1.87 bits per heavy atom. The van der Waals surface area contributed by atoms with E-state index in [0.29, 0.717) is 6.54 Å². The number of aryl methyl sites for hydroxylation is 2. The van der Waals surface area contributed by atoms with Crippen LogP contribution in [0.4, 0.5) is 5.69 Å². The van der Waals surface area contributed by atoms with Gasteiger partial charge in [-0.1, -0.05) is 23.8 Å². The van der Waals surface area contributed by atoms with Crippen LogP contribution >= 0.6 is 0 Å². The highest BCUT2D eigenvalue weighted by Crippen LogP contribution is 2.18. The van der Waals surface area contributed by atoms with Crippen molar-refractivity contribution in [3.63, 3.8) is 0 Å². The van der Waals surface area contributed by atoms with Crippen LogP contribution in [-0.2, 0) is 11.3 Å². The second kappa shape index (κ2) is 7.79. The van der Waals surface area contributed by atoms with Crippen LogP contribution in [0.2, 0.25) is 0 Å². The van der Waals surface area contributed by atoms with Crippen molar-refractivity contribution in [1.29, 1.82) is 0 Å². The fourth-order valence-electron chi connectivity index (χ4n) is 2.64. The number of carbonyl (C=O) groups excluding carboxylic acids is 1. The number of rotatable bonds is 6. The zero-order valence-electron chi connectivity index (χ0n) is 14.3. The van der Waals surface area contributed by atoms with Gasteiger partial charge >= 0.3 is 0 Å². The first kappa shape index (κ1) is 17.0. The van der Waals surface area contributed by atoms with E-state index in [-0.39, 0.29) is 5.91 Å². The molecule has 1 unspecified atom stereocenters. The highest BCUT2D eigenvalue weighted by Gasteiger charge is 2.13. The van der Waals surface area contributed by atoms with E-state index >= 15 is 0 Å². The summed E-state index contributed by atoms with van der Waals surface area (Å²) in [6, 6.07) is 13.9. The van der Waals surface area contributed by atoms with Gasteiger partial charge in [-0.2, -0.15) is 0 Å². The van der Waals surface area contributed by atoms with Gasteiger partial charge in [-0.25, -0.2) is 0 Å². The molecule has 0 aliphatic heterocycles. The minimum absolute atomic E-state index is 0.0136. The van der Waals surface area contributed by atoms with Gasteiger partial charge in [0.1, 0.15) is 12.3 Å². The molecule has 0 spiro atoms. The Kier molecular flexibility index (Phi) is 5.77. The molecule has 4 heteroatoms. The summed E-state index contributed by atoms with van der Waals surface area (Å²) in [4.78, 5) is 13.3. The fourth-order valence-corrected chi connectivity index (χ4v) is 2.64. The van der Waals surface area contributed by atoms with Crippen molar-refractivity contribution in [2.75, 3.05) is 26.0 Å². The van der Waals surface area contributed by atoms with E-state index in [4.69, 9.17) is 4.74 Å². The lowest BCUT2D eigenvalue weighted by molar-refractivity contribution is -0.885. The third-order valence-corrected chi connectivity index (χ3v) is 3.69. The van der Waals surface area contributed by atoms with E-state index in [1.165, 1.54) is 5.56 Å². The average Bonchev–Trinajstić information content (AvgIpc) is 2.47. The van der Waals surface area contributed by atoms with Crippen LogP contribution in [-0.4, -0.2) is 26.6 Å². The molecule has 1 amide bonds. The average molecular weight is 313 g/mol. The Morgan fingerprint density at radius 3 is 2.57 bits per heavy atom. The second-order valence-corrected chi connectivity index (χ2v) is 6.04. The van der Waals surface area contributed by atoms with Crippen LogP contribution < -0.4 is 15.0 Å². The molecular weight excluding hydrogens is 288 g/mol. The van der Waals surface area contributed by atoms with Crippen LogP contribution in [0.25, 0.3) is 0 Å². The molecule has 2 aromatic rings. The Hall–Kier alpha value is -2.33. The summed E-state index contributed by atoms with van der Waals surface area (Å²) in [5.74, 6) is 0.883. The molecule has 0 aliphatic carbocycles. The molecule has 4 nitrogen and oxygen atoms in total. The SMILES string of the molecule is COc1ccc(C)cc1C[NH+](C)CC(=O)Nc1cccc(C)c1. The van der Waals surface area contributed by atoms with Crippen LogP contribution in [0.5, 0.6) is 5.75 Å². The number of hydrogen-bond acceptors (Lipinski definition) is 2. The zero-order valence-corrected chi connectivity index (χ0v) is 14.3. The van der Waals surface area contributed by atoms with Gasteiger partial charge in [-0.05, 0) is 43.7 Å². The maximum Gasteiger partial charge on any atom is 0.279 e. The van der Waals surface area contributed by atoms with Gasteiger partial charge in [-0.3, -0.25) is 4.79 Å². The number of hydrogen-bond donors (Lipinski definition) is 2. The van der Waals surface area contributed by atoms with Gasteiger partial charge in [0, 0.05) is 11.3 Å². The first-order valence-electron chi connectivity index (χ1n) is 7.79. The van der Waals surface area contributed by atoms with Gasteiger partial charge in [0.05, 0.1) is 14.2 Å². The quantitative estimate of drug-likeness (QED) is 0.856. The lowest BCUT2D eigenvalue weighted by Crippen LogP contribution is -3.08. The maximum atomic E-state index is 12.2. The number of amides is 1. The number of anilines is 1. The summed E-state index contributed by atoms with van der Waals surface area (Å²) in [7, 11) is 3.69. The summed E-state index contributed by atoms with van der Waals surface area (Å²) in [5.41, 5.74) is 4.29. The summed E-state index contributed by atoms with van der Waals surface area (Å²) >= 11 is 0. The lowest BCUT2D eigenvalue weighted by atomic mass is 10.1. The second-order valence-electron chi connectivity index (χ2n) is 6.04. The number of methoxy groups -OCH3 is 1. The van der Waals surface area contributed by atoms with Crippen molar-refractivity contribution in [3.8, 4) is 5.75 Å². The van der Waals surface area contributed by atoms with Crippen LogP contribution in [0.15, 0.2) is 42.5 Å². The molecule has 122 valence electrons. The van der Waals surface area contributed by atoms with Gasteiger partial charge in [-0.15, -0.1) is 0 Å². The molecular formula is C19H25N2O2+. The van der Waals surface area contributed by atoms with Crippen molar-refractivity contribution in [2.24, 2.45) is 0 Å². The minimum atomic E-state index is 0.0136. The van der Waals surface area contributed by atoms with Crippen LogP contribution in [0, 0.1) is 13.8 Å². The van der Waals surface area contributed by atoms with Crippen LogP contribution in [0.1, 0.15) is 16.7 Å². The predicted octanol–water partition coefficient (Wildman–Crippen LogP) is 1.97. The first-order valence-corrected chi connectivity index (χ1v) is 7.79. The molecule has 23 heavy (non-hydrogen) atoms. The summed E-state index contributed by atoms with van der Waals surface area (Å²) < 4.78 is 5.40. The zero-order chi connectivity index (χ0) is 16.8. The van der Waals surface area contributed by atoms with E-state index in [9.17, 15) is 4.79 Å². The molecule has 2 aromatic carbocycles. The first-order chi connectivity index (χ1) is 11.0. The van der Waals surface area contributed by atoms with E-state index in [1.807, 2.05) is 50.4 Å². The summed E-state index contributed by atoms with van der Waals surface area (Å²) in [5, 5.41) is 2.95. The van der Waals surface area contributed by atoms with E-state index in [0.717, 1.165) is 34.0 Å². The summed E-state index contributed by atoms with van der Waals surface area (Å²) in [6.45, 7) is 5.22. The number of likely N-dealkylation sites (N-methyl/N-ethyl adjacent to an activating group) is 1. The molecule has 0 saturated carbocycles. The standard InChI is InChI=1S/C19H24N2O2/c1-14-6-5-7-17(11-14)20-19(22)13-21(3)12-16-10-15(2)8-9-18(16)23-4/h5-11H,12-13H2,1-4H3,(H,20,22)/p+1. The minimum Gasteiger partial charge on any atom is -0.496 e. The molecule has 0 saturated heterocycles. The number of carbonyl (C=O) groups is 1. The Bertz CT molecular complexity index is 683. The molecule has 2 N–H and O–H groups in total. The topological polar surface area (TPSA) is 42.8 Å². The van der Waals surface area contributed by atoms with E-state index in [2.05, 4.69) is 18.3 Å². The smallest absolute Gasteiger partial charge is 0.279 e. The molecule has 0 bridgehead atoms. The number of ether oxygens (including phenoxy) is 1. The van der Waals surface area contributed by atoms with Crippen molar-refractivity contribution >= 4 is 11.6 Å². The molecule has 0 aromatic heterocycles. The molecule has 0 heterocycles. The normalized spacial score (nSPS) is 11.8. The van der Waals surface area contributed by atoms with Crippen molar-refractivity contribution in [3.05, 3.63) is 59.2 Å². The van der Waals surface area contributed by atoms with Crippen LogP contribution in [0.3, 0.4) is 0 Å². The molecule has 2 rings (SSSR count). The van der Waals surface area contributed by atoms with Crippen molar-refractivity contribution < 1.29 is 14.4 Å². The fraction of sp³-hybridized carbons (Fsp3) is 0.316. The number of benzene rings is 2. The summed E-state index contributed by atoms with van der Waals surface area (Å²) in [6.07, 6.45) is 0. The lowest BCUT2D eigenvalue weighted by Gasteiger charge is -2.16. The molecule has 0 fully saturated rings. The Balaban J connectivity index is 1.95. The number of quaternary nitrogens is 1. The van der Waals surface area contributed by atoms with Crippen molar-refractivity contribution in [1.82, 2.24) is 0 Å². The largest absolute Gasteiger partial charge is 0.496 e. The third-order valence-electron chi connectivity index (χ3n) is 3.69. The highest BCUT2D eigenvalue weighted by molar-refractivity contribution is 5.91. The monoisotopic (exact) mass is 313 g/mol. The van der Waals surface area contributed by atoms with Gasteiger partial charge in [0.2, 0.25) is 0 Å².